The second kappa shape index (κ2) is 6.20. The fraction of sp³-hybridized carbons (Fsp3) is 0.562. The summed E-state index contributed by atoms with van der Waals surface area (Å²) in [5.41, 5.74) is 2.62. The van der Waals surface area contributed by atoms with Gasteiger partial charge in [-0.15, -0.1) is 0 Å². The third-order valence-corrected chi connectivity index (χ3v) is 4.13. The average molecular weight is 260 g/mol. The van der Waals surface area contributed by atoms with Crippen LogP contribution in [0.5, 0.6) is 0 Å². The molecule has 0 radical (unpaired) electrons. The SMILES string of the molecule is CCC(C)N(CC)C(=O)C1Cc2ccccc2CN1. The van der Waals surface area contributed by atoms with Gasteiger partial charge in [0, 0.05) is 19.1 Å². The number of hydrogen-bond acceptors (Lipinski definition) is 2. The highest BCUT2D eigenvalue weighted by molar-refractivity contribution is 5.82. The van der Waals surface area contributed by atoms with E-state index in [1.807, 2.05) is 4.90 Å². The molecule has 1 amide bonds. The number of nitrogens with zero attached hydrogens (tertiary/aromatic N) is 1. The number of amides is 1. The molecule has 1 aromatic carbocycles. The van der Waals surface area contributed by atoms with E-state index in [4.69, 9.17) is 0 Å². The normalized spacial score (nSPS) is 19.6. The van der Waals surface area contributed by atoms with Gasteiger partial charge in [0.15, 0.2) is 0 Å². The van der Waals surface area contributed by atoms with Crippen molar-refractivity contribution in [3.63, 3.8) is 0 Å². The van der Waals surface area contributed by atoms with Gasteiger partial charge in [-0.3, -0.25) is 4.79 Å². The van der Waals surface area contributed by atoms with Gasteiger partial charge >= 0.3 is 0 Å². The van der Waals surface area contributed by atoms with Crippen LogP contribution in [0.1, 0.15) is 38.3 Å². The number of carbonyl (C=O) groups excluding carboxylic acids is 1. The minimum Gasteiger partial charge on any atom is -0.339 e. The van der Waals surface area contributed by atoms with E-state index in [0.717, 1.165) is 25.9 Å². The molecule has 3 nitrogen and oxygen atoms in total. The Morgan fingerprint density at radius 2 is 2.05 bits per heavy atom. The van der Waals surface area contributed by atoms with Gasteiger partial charge in [-0.2, -0.15) is 0 Å². The summed E-state index contributed by atoms with van der Waals surface area (Å²) >= 11 is 0. The zero-order valence-corrected chi connectivity index (χ0v) is 12.1. The molecular formula is C16H24N2O. The molecule has 1 N–H and O–H groups in total. The van der Waals surface area contributed by atoms with Crippen LogP contribution < -0.4 is 5.32 Å². The molecule has 0 bridgehead atoms. The van der Waals surface area contributed by atoms with Gasteiger partial charge in [0.2, 0.25) is 5.91 Å². The Hall–Kier alpha value is -1.35. The lowest BCUT2D eigenvalue weighted by atomic mass is 9.95. The van der Waals surface area contributed by atoms with Crippen LogP contribution in [0.4, 0.5) is 0 Å². The van der Waals surface area contributed by atoms with Crippen LogP contribution in [0.3, 0.4) is 0 Å². The highest BCUT2D eigenvalue weighted by Crippen LogP contribution is 2.18. The molecule has 2 rings (SSSR count). The summed E-state index contributed by atoms with van der Waals surface area (Å²) in [4.78, 5) is 14.6. The van der Waals surface area contributed by atoms with Gasteiger partial charge < -0.3 is 10.2 Å². The van der Waals surface area contributed by atoms with Crippen LogP contribution in [-0.2, 0) is 17.8 Å². The molecule has 0 saturated heterocycles. The number of likely N-dealkylation sites (N-methyl/N-ethyl adjacent to an activating group) is 1. The van der Waals surface area contributed by atoms with Crippen LogP contribution in [0, 0.1) is 0 Å². The molecule has 1 aromatic rings. The Morgan fingerprint density at radius 3 is 2.68 bits per heavy atom. The Kier molecular flexibility index (Phi) is 4.59. The number of rotatable bonds is 4. The van der Waals surface area contributed by atoms with Gasteiger partial charge in [-0.05, 0) is 37.8 Å². The van der Waals surface area contributed by atoms with Crippen molar-refractivity contribution in [3.05, 3.63) is 35.4 Å². The van der Waals surface area contributed by atoms with Crippen molar-refractivity contribution in [3.8, 4) is 0 Å². The summed E-state index contributed by atoms with van der Waals surface area (Å²) < 4.78 is 0. The van der Waals surface area contributed by atoms with E-state index >= 15 is 0 Å². The van der Waals surface area contributed by atoms with Crippen molar-refractivity contribution in [2.45, 2.75) is 52.2 Å². The summed E-state index contributed by atoms with van der Waals surface area (Å²) in [5.74, 6) is 0.242. The maximum absolute atomic E-state index is 12.6. The molecule has 0 aromatic heterocycles. The maximum Gasteiger partial charge on any atom is 0.240 e. The molecule has 1 aliphatic rings. The van der Waals surface area contributed by atoms with Crippen molar-refractivity contribution in [2.75, 3.05) is 6.54 Å². The van der Waals surface area contributed by atoms with Crippen molar-refractivity contribution >= 4 is 5.91 Å². The number of carbonyl (C=O) groups is 1. The van der Waals surface area contributed by atoms with Crippen LogP contribution in [0.2, 0.25) is 0 Å². The first-order valence-electron chi connectivity index (χ1n) is 7.28. The summed E-state index contributed by atoms with van der Waals surface area (Å²) in [7, 11) is 0. The van der Waals surface area contributed by atoms with Crippen LogP contribution in [0.15, 0.2) is 24.3 Å². The van der Waals surface area contributed by atoms with E-state index in [1.165, 1.54) is 11.1 Å². The second-order valence-electron chi connectivity index (χ2n) is 5.29. The van der Waals surface area contributed by atoms with Crippen molar-refractivity contribution in [2.24, 2.45) is 0 Å². The molecule has 19 heavy (non-hydrogen) atoms. The zero-order chi connectivity index (χ0) is 13.8. The molecule has 2 atom stereocenters. The Labute approximate surface area is 116 Å². The highest BCUT2D eigenvalue weighted by atomic mass is 16.2. The summed E-state index contributed by atoms with van der Waals surface area (Å²) in [6.45, 7) is 7.89. The number of benzene rings is 1. The lowest BCUT2D eigenvalue weighted by Crippen LogP contribution is -2.51. The lowest BCUT2D eigenvalue weighted by Gasteiger charge is -2.33. The Bertz CT molecular complexity index is 444. The van der Waals surface area contributed by atoms with Gasteiger partial charge in [-0.25, -0.2) is 0 Å². The quantitative estimate of drug-likeness (QED) is 0.901. The van der Waals surface area contributed by atoms with E-state index in [0.29, 0.717) is 6.04 Å². The molecule has 104 valence electrons. The van der Waals surface area contributed by atoms with E-state index in [1.54, 1.807) is 0 Å². The van der Waals surface area contributed by atoms with Gasteiger partial charge in [0.1, 0.15) is 0 Å². The molecular weight excluding hydrogens is 236 g/mol. The fourth-order valence-corrected chi connectivity index (χ4v) is 2.73. The van der Waals surface area contributed by atoms with Crippen molar-refractivity contribution in [1.29, 1.82) is 0 Å². The topological polar surface area (TPSA) is 32.3 Å². The minimum absolute atomic E-state index is 0.0659. The first-order valence-corrected chi connectivity index (χ1v) is 7.28. The fourth-order valence-electron chi connectivity index (χ4n) is 2.73. The minimum atomic E-state index is -0.0659. The predicted octanol–water partition coefficient (Wildman–Crippen LogP) is 2.35. The third-order valence-electron chi connectivity index (χ3n) is 4.13. The Balaban J connectivity index is 2.09. The van der Waals surface area contributed by atoms with Gasteiger partial charge in [-0.1, -0.05) is 31.2 Å². The average Bonchev–Trinajstić information content (AvgIpc) is 2.47. The second-order valence-corrected chi connectivity index (χ2v) is 5.29. The van der Waals surface area contributed by atoms with Crippen molar-refractivity contribution in [1.82, 2.24) is 10.2 Å². The largest absolute Gasteiger partial charge is 0.339 e. The number of fused-ring (bicyclic) bond motifs is 1. The van der Waals surface area contributed by atoms with Crippen LogP contribution in [-0.4, -0.2) is 29.4 Å². The van der Waals surface area contributed by atoms with Crippen LogP contribution >= 0.6 is 0 Å². The third kappa shape index (κ3) is 2.98. The monoisotopic (exact) mass is 260 g/mol. The zero-order valence-electron chi connectivity index (χ0n) is 12.1. The predicted molar refractivity (Wildman–Crippen MR) is 77.9 cm³/mol. The van der Waals surface area contributed by atoms with E-state index in [2.05, 4.69) is 50.4 Å². The smallest absolute Gasteiger partial charge is 0.240 e. The van der Waals surface area contributed by atoms with Crippen molar-refractivity contribution < 1.29 is 4.79 Å². The first kappa shape index (κ1) is 14.1. The molecule has 2 unspecified atom stereocenters. The molecule has 0 spiro atoms. The molecule has 1 aliphatic heterocycles. The van der Waals surface area contributed by atoms with Crippen LogP contribution in [0.25, 0.3) is 0 Å². The molecule has 3 heteroatoms. The van der Waals surface area contributed by atoms with E-state index < -0.39 is 0 Å². The summed E-state index contributed by atoms with van der Waals surface area (Å²) in [6.07, 6.45) is 1.81. The van der Waals surface area contributed by atoms with Gasteiger partial charge in [0.25, 0.3) is 0 Å². The Morgan fingerprint density at radius 1 is 1.37 bits per heavy atom. The van der Waals surface area contributed by atoms with E-state index in [-0.39, 0.29) is 11.9 Å². The summed E-state index contributed by atoms with van der Waals surface area (Å²) in [5, 5.41) is 3.38. The number of hydrogen-bond donors (Lipinski definition) is 1. The summed E-state index contributed by atoms with van der Waals surface area (Å²) in [6, 6.07) is 8.63. The number of nitrogens with one attached hydrogen (secondary N) is 1. The molecule has 0 aliphatic carbocycles. The molecule has 0 saturated carbocycles. The standard InChI is InChI=1S/C16H24N2O/c1-4-12(3)18(5-2)16(19)15-10-13-8-6-7-9-14(13)11-17-15/h6-9,12,15,17H,4-5,10-11H2,1-3H3. The lowest BCUT2D eigenvalue weighted by molar-refractivity contribution is -0.135. The molecule has 1 heterocycles. The first-order chi connectivity index (χ1) is 9.17. The van der Waals surface area contributed by atoms with E-state index in [9.17, 15) is 4.79 Å². The molecule has 0 fully saturated rings. The highest BCUT2D eigenvalue weighted by Gasteiger charge is 2.28. The maximum atomic E-state index is 12.6. The van der Waals surface area contributed by atoms with Gasteiger partial charge in [0.05, 0.1) is 6.04 Å².